The van der Waals surface area contributed by atoms with Gasteiger partial charge in [-0.25, -0.2) is 0 Å². The lowest BCUT2D eigenvalue weighted by molar-refractivity contribution is 0.0354. The Morgan fingerprint density at radius 3 is 2.81 bits per heavy atom. The van der Waals surface area contributed by atoms with Crippen LogP contribution in [0.4, 0.5) is 5.69 Å². The van der Waals surface area contributed by atoms with Gasteiger partial charge in [0.15, 0.2) is 0 Å². The number of rotatable bonds is 2. The summed E-state index contributed by atoms with van der Waals surface area (Å²) in [4.78, 5) is 15.2. The van der Waals surface area contributed by atoms with Gasteiger partial charge in [0.25, 0.3) is 5.91 Å². The van der Waals surface area contributed by atoms with Gasteiger partial charge < -0.3 is 15.4 Å². The molecule has 112 valence electrons. The Morgan fingerprint density at radius 2 is 2.14 bits per heavy atom. The van der Waals surface area contributed by atoms with Crippen molar-refractivity contribution in [3.8, 4) is 0 Å². The van der Waals surface area contributed by atoms with Crippen LogP contribution in [0.1, 0.15) is 22.5 Å². The van der Waals surface area contributed by atoms with Crippen LogP contribution in [0.15, 0.2) is 22.7 Å². The van der Waals surface area contributed by atoms with Crippen molar-refractivity contribution in [2.45, 2.75) is 18.9 Å². The molecule has 4 nitrogen and oxygen atoms in total. The van der Waals surface area contributed by atoms with Gasteiger partial charge >= 0.3 is 0 Å². The first-order valence-electron chi connectivity index (χ1n) is 6.89. The Bertz CT molecular complexity index is 678. The molecule has 1 aromatic heterocycles. The number of nitrogen functional groups attached to an aromatic ring is 1. The highest BCUT2D eigenvalue weighted by molar-refractivity contribution is 9.10. The highest BCUT2D eigenvalue weighted by Gasteiger charge is 2.26. The summed E-state index contributed by atoms with van der Waals surface area (Å²) >= 11 is 4.92. The molecule has 0 bridgehead atoms. The van der Waals surface area contributed by atoms with E-state index in [1.54, 1.807) is 7.11 Å². The van der Waals surface area contributed by atoms with Gasteiger partial charge in [-0.3, -0.25) is 4.79 Å². The van der Waals surface area contributed by atoms with Crippen LogP contribution in [-0.2, 0) is 4.74 Å². The molecule has 6 heteroatoms. The molecule has 0 radical (unpaired) electrons. The first-order valence-corrected chi connectivity index (χ1v) is 8.50. The maximum absolute atomic E-state index is 12.7. The summed E-state index contributed by atoms with van der Waals surface area (Å²) in [6, 6.07) is 5.93. The number of amides is 1. The lowest BCUT2D eigenvalue weighted by Crippen LogP contribution is -2.40. The van der Waals surface area contributed by atoms with Crippen molar-refractivity contribution in [3.63, 3.8) is 0 Å². The zero-order valence-corrected chi connectivity index (χ0v) is 14.2. The lowest BCUT2D eigenvalue weighted by Gasteiger charge is -2.31. The van der Waals surface area contributed by atoms with E-state index in [-0.39, 0.29) is 12.0 Å². The number of halogens is 1. The van der Waals surface area contributed by atoms with E-state index in [0.717, 1.165) is 40.5 Å². The summed E-state index contributed by atoms with van der Waals surface area (Å²) in [6.07, 6.45) is 2.04. The van der Waals surface area contributed by atoms with Gasteiger partial charge in [-0.15, -0.1) is 11.3 Å². The van der Waals surface area contributed by atoms with E-state index in [0.29, 0.717) is 10.6 Å². The molecule has 2 aromatic rings. The number of thiophene rings is 1. The number of fused-ring (bicyclic) bond motifs is 1. The molecule has 0 aliphatic carbocycles. The summed E-state index contributed by atoms with van der Waals surface area (Å²) in [6.45, 7) is 1.46. The minimum Gasteiger partial charge on any atom is -0.397 e. The molecule has 0 atom stereocenters. The molecule has 21 heavy (non-hydrogen) atoms. The van der Waals surface area contributed by atoms with Crippen molar-refractivity contribution in [2.75, 3.05) is 25.9 Å². The number of anilines is 1. The Balaban J connectivity index is 1.87. The minimum absolute atomic E-state index is 0.0411. The highest BCUT2D eigenvalue weighted by Crippen LogP contribution is 2.36. The number of carbonyl (C=O) groups excluding carboxylic acids is 1. The highest BCUT2D eigenvalue weighted by atomic mass is 79.9. The van der Waals surface area contributed by atoms with Gasteiger partial charge in [0, 0.05) is 34.8 Å². The van der Waals surface area contributed by atoms with Gasteiger partial charge in [0.05, 0.1) is 11.8 Å². The second-order valence-corrected chi connectivity index (χ2v) is 7.18. The van der Waals surface area contributed by atoms with E-state index in [1.807, 2.05) is 23.1 Å². The van der Waals surface area contributed by atoms with Crippen molar-refractivity contribution in [3.05, 3.63) is 27.5 Å². The topological polar surface area (TPSA) is 55.6 Å². The van der Waals surface area contributed by atoms with Crippen LogP contribution < -0.4 is 5.73 Å². The second kappa shape index (κ2) is 5.94. The van der Waals surface area contributed by atoms with E-state index in [4.69, 9.17) is 10.5 Å². The normalized spacial score (nSPS) is 16.6. The largest absolute Gasteiger partial charge is 0.397 e. The molecule has 1 aliphatic heterocycles. The molecule has 1 amide bonds. The fourth-order valence-electron chi connectivity index (χ4n) is 2.69. The molecule has 1 saturated heterocycles. The Labute approximate surface area is 136 Å². The number of ether oxygens (including phenoxy) is 1. The maximum atomic E-state index is 12.7. The molecule has 0 unspecified atom stereocenters. The maximum Gasteiger partial charge on any atom is 0.266 e. The molecule has 0 saturated carbocycles. The van der Waals surface area contributed by atoms with Gasteiger partial charge in [-0.2, -0.15) is 0 Å². The van der Waals surface area contributed by atoms with E-state index in [1.165, 1.54) is 11.3 Å². The van der Waals surface area contributed by atoms with Crippen molar-refractivity contribution in [1.29, 1.82) is 0 Å². The minimum atomic E-state index is 0.0411. The third-order valence-corrected chi connectivity index (χ3v) is 5.61. The van der Waals surface area contributed by atoms with Gasteiger partial charge in [0.1, 0.15) is 4.88 Å². The Hall–Kier alpha value is -1.11. The number of methoxy groups -OCH3 is 1. The van der Waals surface area contributed by atoms with E-state index in [9.17, 15) is 4.79 Å². The van der Waals surface area contributed by atoms with Crippen LogP contribution in [0.2, 0.25) is 0 Å². The van der Waals surface area contributed by atoms with Crippen molar-refractivity contribution in [1.82, 2.24) is 4.90 Å². The number of carbonyl (C=O) groups is 1. The zero-order chi connectivity index (χ0) is 15.0. The van der Waals surface area contributed by atoms with Crippen molar-refractivity contribution >= 4 is 48.9 Å². The Morgan fingerprint density at radius 1 is 1.43 bits per heavy atom. The molecular weight excluding hydrogens is 352 g/mol. The molecule has 2 heterocycles. The van der Waals surface area contributed by atoms with Gasteiger partial charge in [0.2, 0.25) is 0 Å². The average Bonchev–Trinajstić information content (AvgIpc) is 2.83. The molecule has 1 fully saturated rings. The predicted molar refractivity (Wildman–Crippen MR) is 89.9 cm³/mol. The molecule has 1 aromatic carbocycles. The summed E-state index contributed by atoms with van der Waals surface area (Å²) in [5.41, 5.74) is 6.78. The van der Waals surface area contributed by atoms with Gasteiger partial charge in [-0.05, 0) is 31.0 Å². The van der Waals surface area contributed by atoms with Crippen LogP contribution in [0.5, 0.6) is 0 Å². The standard InChI is InChI=1S/C15H17BrN2O2S/c1-20-10-4-6-18(7-5-10)15(19)14-13(17)11-8-9(16)2-3-12(11)21-14/h2-3,8,10H,4-7,17H2,1H3. The summed E-state index contributed by atoms with van der Waals surface area (Å²) < 4.78 is 7.36. The first kappa shape index (κ1) is 14.8. The number of piperidine rings is 1. The Kier molecular flexibility index (Phi) is 4.19. The van der Waals surface area contributed by atoms with Crippen molar-refractivity contribution < 1.29 is 9.53 Å². The van der Waals surface area contributed by atoms with E-state index >= 15 is 0 Å². The number of likely N-dealkylation sites (tertiary alicyclic amines) is 1. The van der Waals surface area contributed by atoms with E-state index < -0.39 is 0 Å². The summed E-state index contributed by atoms with van der Waals surface area (Å²) in [7, 11) is 1.73. The fourth-order valence-corrected chi connectivity index (χ4v) is 4.12. The average molecular weight is 369 g/mol. The number of nitrogens with zero attached hydrogens (tertiary/aromatic N) is 1. The van der Waals surface area contributed by atoms with Crippen molar-refractivity contribution in [2.24, 2.45) is 0 Å². The zero-order valence-electron chi connectivity index (χ0n) is 11.8. The molecular formula is C15H17BrN2O2S. The number of nitrogens with two attached hydrogens (primary N) is 1. The third kappa shape index (κ3) is 2.80. The number of hydrogen-bond acceptors (Lipinski definition) is 4. The second-order valence-electron chi connectivity index (χ2n) is 5.21. The van der Waals surface area contributed by atoms with Crippen LogP contribution >= 0.6 is 27.3 Å². The van der Waals surface area contributed by atoms with Crippen LogP contribution in [0.3, 0.4) is 0 Å². The number of benzene rings is 1. The summed E-state index contributed by atoms with van der Waals surface area (Å²) in [5.74, 6) is 0.0411. The third-order valence-electron chi connectivity index (χ3n) is 3.95. The predicted octanol–water partition coefficient (Wildman–Crippen LogP) is 3.50. The monoisotopic (exact) mass is 368 g/mol. The number of hydrogen-bond donors (Lipinski definition) is 1. The first-order chi connectivity index (χ1) is 10.1. The van der Waals surface area contributed by atoms with Crippen LogP contribution in [0, 0.1) is 0 Å². The smallest absolute Gasteiger partial charge is 0.266 e. The SMILES string of the molecule is COC1CCN(C(=O)c2sc3ccc(Br)cc3c2N)CC1. The molecule has 1 aliphatic rings. The van der Waals surface area contributed by atoms with E-state index in [2.05, 4.69) is 15.9 Å². The molecule has 2 N–H and O–H groups in total. The summed E-state index contributed by atoms with van der Waals surface area (Å²) in [5, 5.41) is 0.949. The fraction of sp³-hybridized carbons (Fsp3) is 0.400. The van der Waals surface area contributed by atoms with Crippen LogP contribution in [0.25, 0.3) is 10.1 Å². The molecule has 0 spiro atoms. The molecule has 3 rings (SSSR count). The van der Waals surface area contributed by atoms with Gasteiger partial charge in [-0.1, -0.05) is 15.9 Å². The lowest BCUT2D eigenvalue weighted by atomic mass is 10.1. The van der Waals surface area contributed by atoms with Crippen LogP contribution in [-0.4, -0.2) is 37.1 Å². The quantitative estimate of drug-likeness (QED) is 0.882.